The zero-order valence-corrected chi connectivity index (χ0v) is 12.7. The Morgan fingerprint density at radius 2 is 1.59 bits per heavy atom. The van der Waals surface area contributed by atoms with E-state index < -0.39 is 0 Å². The lowest BCUT2D eigenvalue weighted by molar-refractivity contribution is 0.874. The van der Waals surface area contributed by atoms with E-state index in [0.29, 0.717) is 11.8 Å². The fourth-order valence-electron chi connectivity index (χ4n) is 1.89. The van der Waals surface area contributed by atoms with E-state index >= 15 is 0 Å². The van der Waals surface area contributed by atoms with Gasteiger partial charge in [-0.3, -0.25) is 0 Å². The van der Waals surface area contributed by atoms with E-state index in [0.717, 1.165) is 0 Å². The lowest BCUT2D eigenvalue weighted by Gasteiger charge is -2.05. The minimum absolute atomic E-state index is 0.614. The van der Waals surface area contributed by atoms with Crippen LogP contribution in [0.2, 0.25) is 0 Å². The first-order chi connectivity index (χ1) is 8.09. The van der Waals surface area contributed by atoms with Gasteiger partial charge >= 0.3 is 0 Å². The lowest BCUT2D eigenvalue weighted by Crippen LogP contribution is -1.86. The molecule has 0 nitrogen and oxygen atoms in total. The molecule has 0 fully saturated rings. The van der Waals surface area contributed by atoms with Crippen molar-refractivity contribution < 1.29 is 0 Å². The molecule has 1 heterocycles. The van der Waals surface area contributed by atoms with Gasteiger partial charge in [-0.05, 0) is 34.9 Å². The SMILES string of the molecule is CC.CC(C)c1cc2c(C(C)C)cccc2s1. The van der Waals surface area contributed by atoms with Crippen molar-refractivity contribution >= 4 is 21.4 Å². The maximum atomic E-state index is 2.38. The van der Waals surface area contributed by atoms with Gasteiger partial charge in [0.05, 0.1) is 0 Å². The molecule has 0 N–H and O–H groups in total. The first-order valence-electron chi connectivity index (χ1n) is 6.62. The van der Waals surface area contributed by atoms with Crippen molar-refractivity contribution in [2.75, 3.05) is 0 Å². The number of rotatable bonds is 2. The summed E-state index contributed by atoms with van der Waals surface area (Å²) in [5.41, 5.74) is 1.48. The van der Waals surface area contributed by atoms with Crippen LogP contribution in [0.3, 0.4) is 0 Å². The Kier molecular flexibility index (Phi) is 5.20. The molecule has 2 aromatic rings. The first kappa shape index (κ1) is 14.2. The van der Waals surface area contributed by atoms with Gasteiger partial charge in [0.1, 0.15) is 0 Å². The summed E-state index contributed by atoms with van der Waals surface area (Å²) < 4.78 is 1.44. The van der Waals surface area contributed by atoms with Crippen LogP contribution in [0.4, 0.5) is 0 Å². The van der Waals surface area contributed by atoms with E-state index in [-0.39, 0.29) is 0 Å². The molecule has 2 rings (SSSR count). The maximum Gasteiger partial charge on any atom is 0.0348 e. The predicted molar refractivity (Wildman–Crippen MR) is 81.4 cm³/mol. The highest BCUT2D eigenvalue weighted by Crippen LogP contribution is 2.34. The van der Waals surface area contributed by atoms with Gasteiger partial charge in [0, 0.05) is 9.58 Å². The molecular weight excluding hydrogens is 224 g/mol. The molecule has 1 aromatic heterocycles. The predicted octanol–water partition coefficient (Wildman–Crippen LogP) is 6.17. The fraction of sp³-hybridized carbons (Fsp3) is 0.500. The molecule has 0 aliphatic rings. The summed E-state index contributed by atoms with van der Waals surface area (Å²) in [4.78, 5) is 1.50. The Bertz CT molecular complexity index is 463. The number of thiophene rings is 1. The molecular formula is C16H24S. The van der Waals surface area contributed by atoms with Gasteiger partial charge < -0.3 is 0 Å². The molecule has 0 spiro atoms. The average Bonchev–Trinajstić information content (AvgIpc) is 2.74. The minimum atomic E-state index is 0.614. The summed E-state index contributed by atoms with van der Waals surface area (Å²) in [6.07, 6.45) is 0. The summed E-state index contributed by atoms with van der Waals surface area (Å²) >= 11 is 1.94. The smallest absolute Gasteiger partial charge is 0.0348 e. The Morgan fingerprint density at radius 3 is 2.12 bits per heavy atom. The summed E-state index contributed by atoms with van der Waals surface area (Å²) in [6.45, 7) is 13.1. The zero-order chi connectivity index (χ0) is 13.0. The maximum absolute atomic E-state index is 2.38. The van der Waals surface area contributed by atoms with Gasteiger partial charge in [0.25, 0.3) is 0 Å². The molecule has 17 heavy (non-hydrogen) atoms. The second-order valence-electron chi connectivity index (χ2n) is 4.72. The molecule has 0 radical (unpaired) electrons. The van der Waals surface area contributed by atoms with Crippen molar-refractivity contribution in [2.24, 2.45) is 0 Å². The van der Waals surface area contributed by atoms with Gasteiger partial charge in [0.15, 0.2) is 0 Å². The highest BCUT2D eigenvalue weighted by molar-refractivity contribution is 7.19. The molecule has 0 amide bonds. The minimum Gasteiger partial charge on any atom is -0.140 e. The number of fused-ring (bicyclic) bond motifs is 1. The summed E-state index contributed by atoms with van der Waals surface area (Å²) in [5.74, 6) is 1.26. The third-order valence-corrected chi connectivity index (χ3v) is 4.21. The Balaban J connectivity index is 0.000000686. The van der Waals surface area contributed by atoms with E-state index in [1.54, 1.807) is 0 Å². The van der Waals surface area contributed by atoms with E-state index in [4.69, 9.17) is 0 Å². The number of hydrogen-bond acceptors (Lipinski definition) is 1. The molecule has 0 aliphatic carbocycles. The van der Waals surface area contributed by atoms with E-state index in [1.165, 1.54) is 20.5 Å². The molecule has 0 aliphatic heterocycles. The zero-order valence-electron chi connectivity index (χ0n) is 11.9. The molecule has 0 unspecified atom stereocenters. The van der Waals surface area contributed by atoms with Gasteiger partial charge in [0.2, 0.25) is 0 Å². The van der Waals surface area contributed by atoms with Crippen LogP contribution < -0.4 is 0 Å². The van der Waals surface area contributed by atoms with Crippen LogP contribution in [-0.2, 0) is 0 Å². The van der Waals surface area contributed by atoms with Crippen LogP contribution in [0.5, 0.6) is 0 Å². The van der Waals surface area contributed by atoms with Crippen molar-refractivity contribution in [2.45, 2.75) is 53.4 Å². The van der Waals surface area contributed by atoms with Gasteiger partial charge in [-0.1, -0.05) is 53.7 Å². The van der Waals surface area contributed by atoms with Gasteiger partial charge in [-0.2, -0.15) is 0 Å². The fourth-order valence-corrected chi connectivity index (χ4v) is 2.99. The second-order valence-corrected chi connectivity index (χ2v) is 5.83. The van der Waals surface area contributed by atoms with Crippen molar-refractivity contribution in [3.63, 3.8) is 0 Å². The molecule has 0 saturated carbocycles. The standard InChI is InChI=1S/C14H18S.C2H6/c1-9(2)11-6-5-7-13-12(11)8-14(15-13)10(3)4;1-2/h5-10H,1-4H3;1-2H3. The van der Waals surface area contributed by atoms with Crippen molar-refractivity contribution in [3.05, 3.63) is 34.7 Å². The summed E-state index contributed by atoms with van der Waals surface area (Å²) in [7, 11) is 0. The van der Waals surface area contributed by atoms with Crippen molar-refractivity contribution in [1.29, 1.82) is 0 Å². The monoisotopic (exact) mass is 248 g/mol. The van der Waals surface area contributed by atoms with E-state index in [9.17, 15) is 0 Å². The molecule has 0 bridgehead atoms. The highest BCUT2D eigenvalue weighted by atomic mass is 32.1. The van der Waals surface area contributed by atoms with Gasteiger partial charge in [-0.15, -0.1) is 11.3 Å². The Hall–Kier alpha value is -0.820. The summed E-state index contributed by atoms with van der Waals surface area (Å²) in [5, 5.41) is 1.46. The van der Waals surface area contributed by atoms with Crippen LogP contribution >= 0.6 is 11.3 Å². The number of benzene rings is 1. The number of hydrogen-bond donors (Lipinski definition) is 0. The summed E-state index contributed by atoms with van der Waals surface area (Å²) in [6, 6.07) is 9.04. The lowest BCUT2D eigenvalue weighted by atomic mass is 9.99. The van der Waals surface area contributed by atoms with Crippen molar-refractivity contribution in [1.82, 2.24) is 0 Å². The largest absolute Gasteiger partial charge is 0.140 e. The highest BCUT2D eigenvalue weighted by Gasteiger charge is 2.10. The van der Waals surface area contributed by atoms with Crippen LogP contribution in [0, 0.1) is 0 Å². The quantitative estimate of drug-likeness (QED) is 0.595. The topological polar surface area (TPSA) is 0 Å². The molecule has 0 saturated heterocycles. The molecule has 94 valence electrons. The van der Waals surface area contributed by atoms with E-state index in [1.807, 2.05) is 25.2 Å². The average molecular weight is 248 g/mol. The Labute approximate surface area is 110 Å². The van der Waals surface area contributed by atoms with Crippen LogP contribution in [0.25, 0.3) is 10.1 Å². The van der Waals surface area contributed by atoms with E-state index in [2.05, 4.69) is 52.0 Å². The Morgan fingerprint density at radius 1 is 0.941 bits per heavy atom. The van der Waals surface area contributed by atoms with Gasteiger partial charge in [-0.25, -0.2) is 0 Å². The first-order valence-corrected chi connectivity index (χ1v) is 7.43. The normalized spacial score (nSPS) is 10.8. The van der Waals surface area contributed by atoms with Crippen molar-refractivity contribution in [3.8, 4) is 0 Å². The van der Waals surface area contributed by atoms with Crippen LogP contribution in [-0.4, -0.2) is 0 Å². The van der Waals surface area contributed by atoms with Crippen LogP contribution in [0.15, 0.2) is 24.3 Å². The molecule has 1 aromatic carbocycles. The molecule has 0 atom stereocenters. The third-order valence-electron chi connectivity index (χ3n) is 2.81. The van der Waals surface area contributed by atoms with Crippen LogP contribution in [0.1, 0.15) is 63.8 Å². The third kappa shape index (κ3) is 3.10. The molecule has 1 heteroatoms. The second kappa shape index (κ2) is 6.20.